The predicted molar refractivity (Wildman–Crippen MR) is 81.5 cm³/mol. The number of aryl methyl sites for hydroxylation is 1. The summed E-state index contributed by atoms with van der Waals surface area (Å²) < 4.78 is 6.82. The van der Waals surface area contributed by atoms with E-state index in [0.717, 1.165) is 11.4 Å². The van der Waals surface area contributed by atoms with Gasteiger partial charge in [0.25, 0.3) is 0 Å². The van der Waals surface area contributed by atoms with Crippen molar-refractivity contribution in [1.29, 1.82) is 0 Å². The minimum Gasteiger partial charge on any atom is -0.408 e. The van der Waals surface area contributed by atoms with Gasteiger partial charge in [0.15, 0.2) is 5.58 Å². The van der Waals surface area contributed by atoms with E-state index in [1.54, 1.807) is 6.07 Å². The van der Waals surface area contributed by atoms with Crippen LogP contribution in [0.4, 0.5) is 5.69 Å². The Morgan fingerprint density at radius 3 is 3.00 bits per heavy atom. The van der Waals surface area contributed by atoms with Crippen molar-refractivity contribution in [2.24, 2.45) is 7.05 Å². The molecule has 2 heterocycles. The van der Waals surface area contributed by atoms with Gasteiger partial charge in [0.1, 0.15) is 0 Å². The minimum atomic E-state index is -0.434. The van der Waals surface area contributed by atoms with Gasteiger partial charge in [-0.2, -0.15) is 5.10 Å². The van der Waals surface area contributed by atoms with E-state index in [1.165, 1.54) is 5.56 Å². The number of fused-ring (bicyclic) bond motifs is 1. The first-order valence-electron chi connectivity index (χ1n) is 6.92. The molecule has 0 aliphatic carbocycles. The SMILES string of the molecule is CC(C)c1nn(C)cc1CNc1ccc2oc(=O)[nH]c2c1. The van der Waals surface area contributed by atoms with Crippen LogP contribution in [-0.2, 0) is 13.6 Å². The van der Waals surface area contributed by atoms with Crippen molar-refractivity contribution in [3.05, 3.63) is 46.2 Å². The molecule has 6 nitrogen and oxygen atoms in total. The lowest BCUT2D eigenvalue weighted by atomic mass is 10.1. The molecular weight excluding hydrogens is 268 g/mol. The molecule has 0 bridgehead atoms. The Kier molecular flexibility index (Phi) is 3.29. The maximum Gasteiger partial charge on any atom is 0.417 e. The molecule has 1 aromatic carbocycles. The quantitative estimate of drug-likeness (QED) is 0.773. The molecule has 0 unspecified atom stereocenters. The molecule has 0 aliphatic rings. The molecule has 6 heteroatoms. The number of hydrogen-bond donors (Lipinski definition) is 2. The maximum atomic E-state index is 11.1. The Morgan fingerprint density at radius 2 is 2.24 bits per heavy atom. The van der Waals surface area contributed by atoms with Crippen LogP contribution in [0.15, 0.2) is 33.6 Å². The first kappa shape index (κ1) is 13.5. The number of rotatable bonds is 4. The Balaban J connectivity index is 1.81. The molecule has 0 fully saturated rings. The summed E-state index contributed by atoms with van der Waals surface area (Å²) >= 11 is 0. The molecule has 0 saturated heterocycles. The van der Waals surface area contributed by atoms with Gasteiger partial charge in [-0.05, 0) is 24.1 Å². The van der Waals surface area contributed by atoms with E-state index in [0.29, 0.717) is 23.6 Å². The monoisotopic (exact) mass is 286 g/mol. The topological polar surface area (TPSA) is 75.8 Å². The number of aromatic amines is 1. The molecular formula is C15H18N4O2. The second-order valence-electron chi connectivity index (χ2n) is 5.45. The molecule has 3 aromatic rings. The van der Waals surface area contributed by atoms with E-state index < -0.39 is 5.76 Å². The lowest BCUT2D eigenvalue weighted by molar-refractivity contribution is 0.555. The number of H-pyrrole nitrogens is 1. The van der Waals surface area contributed by atoms with Crippen LogP contribution in [0, 0.1) is 0 Å². The van der Waals surface area contributed by atoms with Crippen LogP contribution in [0.3, 0.4) is 0 Å². The molecule has 2 aromatic heterocycles. The van der Waals surface area contributed by atoms with Crippen molar-refractivity contribution in [2.75, 3.05) is 5.32 Å². The van der Waals surface area contributed by atoms with Crippen molar-refractivity contribution in [2.45, 2.75) is 26.3 Å². The summed E-state index contributed by atoms with van der Waals surface area (Å²) in [5.41, 5.74) is 4.46. The van der Waals surface area contributed by atoms with Crippen LogP contribution in [0.25, 0.3) is 11.1 Å². The van der Waals surface area contributed by atoms with Crippen molar-refractivity contribution in [3.63, 3.8) is 0 Å². The first-order valence-corrected chi connectivity index (χ1v) is 6.92. The van der Waals surface area contributed by atoms with Crippen LogP contribution < -0.4 is 11.1 Å². The lowest BCUT2D eigenvalue weighted by Crippen LogP contribution is -2.02. The van der Waals surface area contributed by atoms with Gasteiger partial charge in [-0.25, -0.2) is 4.79 Å². The van der Waals surface area contributed by atoms with Gasteiger partial charge in [-0.15, -0.1) is 0 Å². The smallest absolute Gasteiger partial charge is 0.408 e. The summed E-state index contributed by atoms with van der Waals surface area (Å²) in [6.45, 7) is 4.96. The second kappa shape index (κ2) is 5.12. The molecule has 0 aliphatic heterocycles. The van der Waals surface area contributed by atoms with Gasteiger partial charge < -0.3 is 9.73 Å². The minimum absolute atomic E-state index is 0.385. The highest BCUT2D eigenvalue weighted by Gasteiger charge is 2.11. The standard InChI is InChI=1S/C15H18N4O2/c1-9(2)14-10(8-19(3)18-14)7-16-11-4-5-13-12(6-11)17-15(20)21-13/h4-6,8-9,16H,7H2,1-3H3,(H,17,20). The van der Waals surface area contributed by atoms with Gasteiger partial charge in [-0.3, -0.25) is 9.67 Å². The van der Waals surface area contributed by atoms with Crippen molar-refractivity contribution in [1.82, 2.24) is 14.8 Å². The van der Waals surface area contributed by atoms with Crippen molar-refractivity contribution < 1.29 is 4.42 Å². The number of benzene rings is 1. The molecule has 3 rings (SSSR count). The normalized spacial score (nSPS) is 11.4. The number of anilines is 1. The van der Waals surface area contributed by atoms with E-state index >= 15 is 0 Å². The summed E-state index contributed by atoms with van der Waals surface area (Å²) in [4.78, 5) is 13.8. The van der Waals surface area contributed by atoms with Gasteiger partial charge in [-0.1, -0.05) is 13.8 Å². The Labute approximate surface area is 121 Å². The number of oxazole rings is 1. The third kappa shape index (κ3) is 2.69. The first-order chi connectivity index (χ1) is 10.0. The van der Waals surface area contributed by atoms with Crippen LogP contribution in [0.2, 0.25) is 0 Å². The Hall–Kier alpha value is -2.50. The van der Waals surface area contributed by atoms with Crippen molar-refractivity contribution >= 4 is 16.8 Å². The van der Waals surface area contributed by atoms with Crippen molar-refractivity contribution in [3.8, 4) is 0 Å². The molecule has 0 amide bonds. The summed E-state index contributed by atoms with van der Waals surface area (Å²) in [6.07, 6.45) is 2.03. The Morgan fingerprint density at radius 1 is 1.43 bits per heavy atom. The van der Waals surface area contributed by atoms with E-state index in [2.05, 4.69) is 29.2 Å². The zero-order valence-corrected chi connectivity index (χ0v) is 12.3. The zero-order valence-electron chi connectivity index (χ0n) is 12.3. The molecule has 110 valence electrons. The molecule has 0 radical (unpaired) electrons. The number of hydrogen-bond acceptors (Lipinski definition) is 4. The second-order valence-corrected chi connectivity index (χ2v) is 5.45. The highest BCUT2D eigenvalue weighted by molar-refractivity contribution is 5.76. The average molecular weight is 286 g/mol. The fourth-order valence-corrected chi connectivity index (χ4v) is 2.44. The van der Waals surface area contributed by atoms with E-state index in [1.807, 2.05) is 30.1 Å². The molecule has 0 spiro atoms. The Bertz CT molecular complexity index is 826. The average Bonchev–Trinajstić information content (AvgIpc) is 2.97. The van der Waals surface area contributed by atoms with Crippen LogP contribution >= 0.6 is 0 Å². The molecule has 2 N–H and O–H groups in total. The van der Waals surface area contributed by atoms with Crippen LogP contribution in [-0.4, -0.2) is 14.8 Å². The molecule has 21 heavy (non-hydrogen) atoms. The summed E-state index contributed by atoms with van der Waals surface area (Å²) in [7, 11) is 1.93. The lowest BCUT2D eigenvalue weighted by Gasteiger charge is -2.08. The largest absolute Gasteiger partial charge is 0.417 e. The highest BCUT2D eigenvalue weighted by Crippen LogP contribution is 2.20. The van der Waals surface area contributed by atoms with Crippen LogP contribution in [0.5, 0.6) is 0 Å². The van der Waals surface area contributed by atoms with Gasteiger partial charge in [0.2, 0.25) is 0 Å². The summed E-state index contributed by atoms with van der Waals surface area (Å²) in [5, 5.41) is 7.84. The summed E-state index contributed by atoms with van der Waals surface area (Å²) in [6, 6.07) is 5.54. The third-order valence-electron chi connectivity index (χ3n) is 3.39. The predicted octanol–water partition coefficient (Wildman–Crippen LogP) is 2.59. The van der Waals surface area contributed by atoms with E-state index in [4.69, 9.17) is 4.42 Å². The number of nitrogens with zero attached hydrogens (tertiary/aromatic N) is 2. The zero-order chi connectivity index (χ0) is 15.0. The van der Waals surface area contributed by atoms with Gasteiger partial charge in [0, 0.05) is 31.0 Å². The fraction of sp³-hybridized carbons (Fsp3) is 0.333. The highest BCUT2D eigenvalue weighted by atomic mass is 16.4. The number of nitrogens with one attached hydrogen (secondary N) is 2. The van der Waals surface area contributed by atoms with E-state index in [9.17, 15) is 4.79 Å². The molecule has 0 saturated carbocycles. The van der Waals surface area contributed by atoms with E-state index in [-0.39, 0.29) is 0 Å². The van der Waals surface area contributed by atoms with Gasteiger partial charge in [0.05, 0.1) is 11.2 Å². The third-order valence-corrected chi connectivity index (χ3v) is 3.39. The van der Waals surface area contributed by atoms with Gasteiger partial charge >= 0.3 is 5.76 Å². The fourth-order valence-electron chi connectivity index (χ4n) is 2.44. The summed E-state index contributed by atoms with van der Waals surface area (Å²) in [5.74, 6) is -0.0489. The van der Waals surface area contributed by atoms with Crippen LogP contribution in [0.1, 0.15) is 31.0 Å². The maximum absolute atomic E-state index is 11.1. The number of aromatic nitrogens is 3. The molecule has 0 atom stereocenters.